The molecule has 0 heterocycles. The SMILES string of the molecule is [2H]C([2H])([2H])C([2H])([2H])C(N)(CN)C([2H])([2H])C([2H])([2H])[2H]. The lowest BCUT2D eigenvalue weighted by atomic mass is 9.95. The van der Waals surface area contributed by atoms with Crippen LogP contribution >= 0.6 is 0 Å². The van der Waals surface area contributed by atoms with E-state index in [0.717, 1.165) is 0 Å². The minimum absolute atomic E-state index is 0.968. The molecule has 4 N–H and O–H groups in total. The van der Waals surface area contributed by atoms with Crippen LogP contribution in [0.15, 0.2) is 0 Å². The maximum atomic E-state index is 7.48. The van der Waals surface area contributed by atoms with E-state index in [2.05, 4.69) is 0 Å². The first kappa shape index (κ1) is 1.32. The molecule has 0 aromatic heterocycles. The summed E-state index contributed by atoms with van der Waals surface area (Å²) in [5, 5.41) is 0. The average molecular weight is 126 g/mol. The molecule has 0 saturated carbocycles. The largest absolute Gasteiger partial charge is 0.329 e. The van der Waals surface area contributed by atoms with Gasteiger partial charge in [-0.1, -0.05) is 13.7 Å². The Kier molecular flexibility index (Phi) is 0.505. The maximum Gasteiger partial charge on any atom is 0.0283 e. The van der Waals surface area contributed by atoms with E-state index in [4.69, 9.17) is 25.2 Å². The summed E-state index contributed by atoms with van der Waals surface area (Å²) < 4.78 is 72.2. The molecule has 8 heavy (non-hydrogen) atoms. The van der Waals surface area contributed by atoms with E-state index in [1.165, 1.54) is 0 Å². The average Bonchev–Trinajstić information content (AvgIpc) is 2.12. The van der Waals surface area contributed by atoms with Crippen LogP contribution in [0.1, 0.15) is 40.2 Å². The normalized spacial score (nSPS) is 37.2. The summed E-state index contributed by atoms with van der Waals surface area (Å²) in [4.78, 5) is 0. The minimum Gasteiger partial charge on any atom is -0.329 e. The van der Waals surface area contributed by atoms with Crippen molar-refractivity contribution in [1.82, 2.24) is 0 Å². The van der Waals surface area contributed by atoms with Gasteiger partial charge in [-0.15, -0.1) is 0 Å². The Morgan fingerprint density at radius 2 is 2.12 bits per heavy atom. The highest BCUT2D eigenvalue weighted by Crippen LogP contribution is 2.07. The van der Waals surface area contributed by atoms with Crippen molar-refractivity contribution in [2.45, 2.75) is 32.0 Å². The van der Waals surface area contributed by atoms with Crippen molar-refractivity contribution in [3.05, 3.63) is 0 Å². The van der Waals surface area contributed by atoms with Crippen LogP contribution in [0.2, 0.25) is 0 Å². The number of hydrogen-bond donors (Lipinski definition) is 2. The zero-order valence-electron chi connectivity index (χ0n) is 14.4. The molecule has 0 aliphatic rings. The van der Waals surface area contributed by atoms with Gasteiger partial charge in [0, 0.05) is 25.8 Å². The zero-order chi connectivity index (χ0) is 15.2. The smallest absolute Gasteiger partial charge is 0.0283 e. The summed E-state index contributed by atoms with van der Waals surface area (Å²) >= 11 is 0. The maximum absolute atomic E-state index is 7.48. The predicted molar refractivity (Wildman–Crippen MR) is 36.6 cm³/mol. The van der Waals surface area contributed by atoms with Gasteiger partial charge in [-0.05, 0) is 12.7 Å². The molecule has 50 valence electrons. The summed E-state index contributed by atoms with van der Waals surface area (Å²) in [6.45, 7) is -7.58. The van der Waals surface area contributed by atoms with Crippen molar-refractivity contribution in [3.63, 3.8) is 0 Å². The Morgan fingerprint density at radius 1 is 1.62 bits per heavy atom. The lowest BCUT2D eigenvalue weighted by Gasteiger charge is -2.23. The Morgan fingerprint density at radius 3 is 2.38 bits per heavy atom. The van der Waals surface area contributed by atoms with Crippen molar-refractivity contribution < 1.29 is 13.7 Å². The van der Waals surface area contributed by atoms with Gasteiger partial charge in [0.25, 0.3) is 0 Å². The molecule has 0 unspecified atom stereocenters. The van der Waals surface area contributed by atoms with E-state index in [1.54, 1.807) is 0 Å². The van der Waals surface area contributed by atoms with Gasteiger partial charge in [0.05, 0.1) is 0 Å². The third-order valence-corrected chi connectivity index (χ3v) is 0.768. The predicted octanol–water partition coefficient (Wildman–Crippen LogP) is 0.463. The van der Waals surface area contributed by atoms with E-state index in [1.807, 2.05) is 0 Å². The second-order valence-electron chi connectivity index (χ2n) is 1.43. The van der Waals surface area contributed by atoms with Crippen LogP contribution in [0.25, 0.3) is 0 Å². The quantitative estimate of drug-likeness (QED) is 0.577. The van der Waals surface area contributed by atoms with Crippen molar-refractivity contribution >= 4 is 0 Å². The topological polar surface area (TPSA) is 52.0 Å². The van der Waals surface area contributed by atoms with E-state index < -0.39 is 38.5 Å². The van der Waals surface area contributed by atoms with Crippen LogP contribution < -0.4 is 11.5 Å². The summed E-state index contributed by atoms with van der Waals surface area (Å²) in [7, 11) is 0. The highest BCUT2D eigenvalue weighted by molar-refractivity contribution is 4.81. The third-order valence-electron chi connectivity index (χ3n) is 0.768. The number of rotatable bonds is 3. The molecule has 0 spiro atoms. The molecular formula is C6H16N2. The molecule has 0 saturated heterocycles. The van der Waals surface area contributed by atoms with Crippen molar-refractivity contribution in [2.75, 3.05) is 6.54 Å². The lowest BCUT2D eigenvalue weighted by molar-refractivity contribution is 0.407. The highest BCUT2D eigenvalue weighted by atomic mass is 14.8. The van der Waals surface area contributed by atoms with Gasteiger partial charge >= 0.3 is 0 Å². The highest BCUT2D eigenvalue weighted by Gasteiger charge is 2.16. The molecule has 0 atom stereocenters. The first-order valence-electron chi connectivity index (χ1n) is 7.05. The van der Waals surface area contributed by atoms with Crippen LogP contribution in [-0.4, -0.2) is 12.1 Å². The molecule has 0 rings (SSSR count). The van der Waals surface area contributed by atoms with Gasteiger partial charge in [0.2, 0.25) is 0 Å². The van der Waals surface area contributed by atoms with E-state index >= 15 is 0 Å². The Labute approximate surface area is 65.3 Å². The lowest BCUT2D eigenvalue weighted by Crippen LogP contribution is -2.45. The molecule has 0 amide bonds. The van der Waals surface area contributed by atoms with Crippen LogP contribution in [0, 0.1) is 0 Å². The Hall–Kier alpha value is -0.0800. The Balaban J connectivity index is 5.96. The van der Waals surface area contributed by atoms with Gasteiger partial charge in [-0.3, -0.25) is 0 Å². The van der Waals surface area contributed by atoms with Gasteiger partial charge in [-0.2, -0.15) is 0 Å². The zero-order valence-corrected chi connectivity index (χ0v) is 4.36. The summed E-state index contributed by atoms with van der Waals surface area (Å²) in [5.41, 5.74) is 7.72. The van der Waals surface area contributed by atoms with E-state index in [9.17, 15) is 0 Å². The van der Waals surface area contributed by atoms with Crippen molar-refractivity contribution in [3.8, 4) is 0 Å². The molecule has 0 radical (unpaired) electrons. The van der Waals surface area contributed by atoms with Crippen LogP contribution in [-0.2, 0) is 0 Å². The van der Waals surface area contributed by atoms with E-state index in [-0.39, 0.29) is 0 Å². The first-order chi connectivity index (χ1) is 7.56. The van der Waals surface area contributed by atoms with E-state index in [0.29, 0.717) is 0 Å². The second-order valence-corrected chi connectivity index (χ2v) is 1.43. The molecule has 0 bridgehead atoms. The fourth-order valence-corrected chi connectivity index (χ4v) is 0.133. The fraction of sp³-hybridized carbons (Fsp3) is 1.00. The summed E-state index contributed by atoms with van der Waals surface area (Å²) in [6, 6.07) is 0. The van der Waals surface area contributed by atoms with Crippen LogP contribution in [0.5, 0.6) is 0 Å². The summed E-state index contributed by atoms with van der Waals surface area (Å²) in [5.74, 6) is 0. The van der Waals surface area contributed by atoms with Crippen molar-refractivity contribution in [2.24, 2.45) is 11.5 Å². The molecule has 0 fully saturated rings. The Bertz CT molecular complexity index is 276. The minimum atomic E-state index is -3.31. The molecular weight excluding hydrogens is 100 g/mol. The molecule has 2 heteroatoms. The second kappa shape index (κ2) is 3.05. The van der Waals surface area contributed by atoms with Crippen molar-refractivity contribution in [1.29, 1.82) is 0 Å². The first-order valence-corrected chi connectivity index (χ1v) is 2.05. The van der Waals surface area contributed by atoms with Crippen LogP contribution in [0.4, 0.5) is 0 Å². The molecule has 0 aromatic carbocycles. The van der Waals surface area contributed by atoms with Gasteiger partial charge in [0.15, 0.2) is 0 Å². The molecule has 0 aliphatic heterocycles. The number of nitrogens with two attached hydrogens (primary N) is 2. The fourth-order valence-electron chi connectivity index (χ4n) is 0.133. The standard InChI is InChI=1S/C6H16N2/c1-3-6(8,4-2)5-7/h3-5,7-8H2,1-2H3/i1D3,2D3,3D2,4D2. The van der Waals surface area contributed by atoms with Gasteiger partial charge in [0.1, 0.15) is 0 Å². The van der Waals surface area contributed by atoms with Gasteiger partial charge in [-0.25, -0.2) is 0 Å². The molecule has 2 nitrogen and oxygen atoms in total. The molecule has 0 aliphatic carbocycles. The molecule has 0 aromatic rings. The monoisotopic (exact) mass is 126 g/mol. The van der Waals surface area contributed by atoms with Gasteiger partial charge < -0.3 is 11.5 Å². The van der Waals surface area contributed by atoms with Crippen LogP contribution in [0.3, 0.4) is 0 Å². The number of hydrogen-bond acceptors (Lipinski definition) is 2. The third kappa shape index (κ3) is 1.80. The summed E-state index contributed by atoms with van der Waals surface area (Å²) in [6.07, 6.45) is -6.60.